The van der Waals surface area contributed by atoms with Crippen molar-refractivity contribution in [1.82, 2.24) is 5.32 Å². The lowest BCUT2D eigenvalue weighted by atomic mass is 9.98. The van der Waals surface area contributed by atoms with E-state index in [1.165, 1.54) is 14.0 Å². The topological polar surface area (TPSA) is 92.7 Å². The number of ketones is 1. The Bertz CT molecular complexity index is 611. The number of ether oxygens (including phenoxy) is 1. The first kappa shape index (κ1) is 18.7. The van der Waals surface area contributed by atoms with Crippen molar-refractivity contribution in [3.05, 3.63) is 29.3 Å². The summed E-state index contributed by atoms with van der Waals surface area (Å²) in [6.45, 7) is 4.98. The summed E-state index contributed by atoms with van der Waals surface area (Å²) in [6, 6.07) is 5.26. The Kier molecular flexibility index (Phi) is 6.30. The smallest absolute Gasteiger partial charge is 0.329 e. The largest absolute Gasteiger partial charge is 0.496 e. The van der Waals surface area contributed by atoms with E-state index in [-0.39, 0.29) is 25.0 Å². The van der Waals surface area contributed by atoms with Crippen LogP contribution in [0.25, 0.3) is 0 Å². The number of carbonyl (C=O) groups excluding carboxylic acids is 2. The highest BCUT2D eigenvalue weighted by Crippen LogP contribution is 2.21. The first-order valence-corrected chi connectivity index (χ1v) is 7.45. The van der Waals surface area contributed by atoms with E-state index < -0.39 is 17.4 Å². The minimum Gasteiger partial charge on any atom is -0.496 e. The minimum absolute atomic E-state index is 0.00887. The zero-order valence-electron chi connectivity index (χ0n) is 13.9. The summed E-state index contributed by atoms with van der Waals surface area (Å²) in [5.41, 5.74) is 0.0288. The number of rotatable bonds is 8. The summed E-state index contributed by atoms with van der Waals surface area (Å²) in [7, 11) is 1.48. The Hall–Kier alpha value is -2.37. The average molecular weight is 321 g/mol. The van der Waals surface area contributed by atoms with Crippen LogP contribution in [0.1, 0.15) is 49.0 Å². The molecule has 1 rings (SSSR count). The summed E-state index contributed by atoms with van der Waals surface area (Å²) in [5.74, 6) is -1.31. The maximum absolute atomic E-state index is 12.3. The van der Waals surface area contributed by atoms with Gasteiger partial charge in [0.05, 0.1) is 12.7 Å². The molecule has 0 aliphatic heterocycles. The normalized spacial score (nSPS) is 13.0. The predicted octanol–water partition coefficient (Wildman–Crippen LogP) is 2.34. The SMILES string of the molecule is CCC(C)(NC(=O)CCC(=O)c1cc(C)ccc1OC)C(=O)O. The summed E-state index contributed by atoms with van der Waals surface area (Å²) < 4.78 is 5.16. The molecule has 0 aliphatic rings. The third kappa shape index (κ3) is 4.81. The lowest BCUT2D eigenvalue weighted by Crippen LogP contribution is -2.51. The highest BCUT2D eigenvalue weighted by atomic mass is 16.5. The number of aryl methyl sites for hydroxylation is 1. The first-order valence-electron chi connectivity index (χ1n) is 7.45. The molecule has 0 saturated heterocycles. The molecule has 23 heavy (non-hydrogen) atoms. The Balaban J connectivity index is 2.71. The van der Waals surface area contributed by atoms with Crippen molar-refractivity contribution >= 4 is 17.7 Å². The Morgan fingerprint density at radius 1 is 1.26 bits per heavy atom. The van der Waals surface area contributed by atoms with E-state index in [2.05, 4.69) is 5.32 Å². The van der Waals surface area contributed by atoms with E-state index in [0.29, 0.717) is 11.3 Å². The van der Waals surface area contributed by atoms with Gasteiger partial charge in [0.25, 0.3) is 0 Å². The second kappa shape index (κ2) is 7.76. The van der Waals surface area contributed by atoms with Crippen molar-refractivity contribution in [1.29, 1.82) is 0 Å². The van der Waals surface area contributed by atoms with E-state index in [0.717, 1.165) is 5.56 Å². The Morgan fingerprint density at radius 3 is 2.43 bits per heavy atom. The van der Waals surface area contributed by atoms with Crippen molar-refractivity contribution in [3.63, 3.8) is 0 Å². The van der Waals surface area contributed by atoms with Crippen LogP contribution in [0.5, 0.6) is 5.75 Å². The van der Waals surface area contributed by atoms with E-state index in [1.807, 2.05) is 13.0 Å². The molecule has 0 aromatic heterocycles. The van der Waals surface area contributed by atoms with E-state index in [4.69, 9.17) is 9.84 Å². The highest BCUT2D eigenvalue weighted by molar-refractivity contribution is 6.00. The van der Waals surface area contributed by atoms with Gasteiger partial charge in [0.15, 0.2) is 5.78 Å². The number of Topliss-reactive ketones (excluding diaryl/α,β-unsaturated/α-hetero) is 1. The number of carboxylic acid groups (broad SMARTS) is 1. The third-order valence-electron chi connectivity index (χ3n) is 3.83. The molecule has 6 nitrogen and oxygen atoms in total. The van der Waals surface area contributed by atoms with Gasteiger partial charge in [0, 0.05) is 12.8 Å². The second-order valence-electron chi connectivity index (χ2n) is 5.67. The van der Waals surface area contributed by atoms with Gasteiger partial charge in [-0.25, -0.2) is 4.79 Å². The van der Waals surface area contributed by atoms with Gasteiger partial charge < -0.3 is 15.2 Å². The lowest BCUT2D eigenvalue weighted by molar-refractivity contribution is -0.147. The van der Waals surface area contributed by atoms with Gasteiger partial charge in [-0.05, 0) is 32.4 Å². The van der Waals surface area contributed by atoms with Gasteiger partial charge >= 0.3 is 5.97 Å². The molecule has 1 aromatic carbocycles. The van der Waals surface area contributed by atoms with Crippen molar-refractivity contribution < 1.29 is 24.2 Å². The van der Waals surface area contributed by atoms with Crippen LogP contribution in [0.15, 0.2) is 18.2 Å². The molecule has 6 heteroatoms. The first-order chi connectivity index (χ1) is 10.7. The molecular formula is C17H23NO5. The fraction of sp³-hybridized carbons (Fsp3) is 0.471. The summed E-state index contributed by atoms with van der Waals surface area (Å²) in [6.07, 6.45) is 0.178. The van der Waals surface area contributed by atoms with Crippen molar-refractivity contribution in [2.75, 3.05) is 7.11 Å². The molecule has 1 unspecified atom stereocenters. The summed E-state index contributed by atoms with van der Waals surface area (Å²) in [5, 5.41) is 11.6. The van der Waals surface area contributed by atoms with E-state index in [1.54, 1.807) is 19.1 Å². The maximum atomic E-state index is 12.3. The zero-order chi connectivity index (χ0) is 17.6. The van der Waals surface area contributed by atoms with Crippen molar-refractivity contribution in [3.8, 4) is 5.75 Å². The highest BCUT2D eigenvalue weighted by Gasteiger charge is 2.32. The van der Waals surface area contributed by atoms with Gasteiger partial charge in [-0.3, -0.25) is 9.59 Å². The van der Waals surface area contributed by atoms with Crippen molar-refractivity contribution in [2.24, 2.45) is 0 Å². The molecule has 2 N–H and O–H groups in total. The number of hydrogen-bond acceptors (Lipinski definition) is 4. The standard InChI is InChI=1S/C17H23NO5/c1-5-17(3,16(21)22)18-15(20)9-7-13(19)12-10-11(2)6-8-14(12)23-4/h6,8,10H,5,7,9H2,1-4H3,(H,18,20)(H,21,22). The van der Waals surface area contributed by atoms with Gasteiger partial charge in [-0.1, -0.05) is 18.6 Å². The number of benzene rings is 1. The molecule has 0 aliphatic carbocycles. The number of hydrogen-bond donors (Lipinski definition) is 2. The maximum Gasteiger partial charge on any atom is 0.329 e. The molecule has 1 aromatic rings. The number of nitrogens with one attached hydrogen (secondary N) is 1. The van der Waals surface area contributed by atoms with Crippen LogP contribution >= 0.6 is 0 Å². The quantitative estimate of drug-likeness (QED) is 0.717. The number of amides is 1. The van der Waals surface area contributed by atoms with Crippen molar-refractivity contribution in [2.45, 2.75) is 45.6 Å². The second-order valence-corrected chi connectivity index (χ2v) is 5.67. The average Bonchev–Trinajstić information content (AvgIpc) is 2.52. The molecular weight excluding hydrogens is 298 g/mol. The molecule has 0 spiro atoms. The van der Waals surface area contributed by atoms with E-state index >= 15 is 0 Å². The van der Waals surface area contributed by atoms with Crippen LogP contribution in [0.3, 0.4) is 0 Å². The fourth-order valence-electron chi connectivity index (χ4n) is 2.06. The lowest BCUT2D eigenvalue weighted by Gasteiger charge is -2.24. The molecule has 126 valence electrons. The molecule has 1 amide bonds. The zero-order valence-corrected chi connectivity index (χ0v) is 13.9. The third-order valence-corrected chi connectivity index (χ3v) is 3.83. The van der Waals surface area contributed by atoms with Crippen LogP contribution in [-0.2, 0) is 9.59 Å². The van der Waals surface area contributed by atoms with Crippen LogP contribution in [0.4, 0.5) is 0 Å². The molecule has 0 saturated carbocycles. The molecule has 0 heterocycles. The number of methoxy groups -OCH3 is 1. The van der Waals surface area contributed by atoms with E-state index in [9.17, 15) is 14.4 Å². The van der Waals surface area contributed by atoms with Crippen LogP contribution in [0.2, 0.25) is 0 Å². The molecule has 0 bridgehead atoms. The predicted molar refractivity (Wildman–Crippen MR) is 85.8 cm³/mol. The van der Waals surface area contributed by atoms with Crippen LogP contribution < -0.4 is 10.1 Å². The van der Waals surface area contributed by atoms with Gasteiger partial charge in [-0.15, -0.1) is 0 Å². The summed E-state index contributed by atoms with van der Waals surface area (Å²) in [4.78, 5) is 35.4. The monoisotopic (exact) mass is 321 g/mol. The molecule has 0 radical (unpaired) electrons. The number of carboxylic acids is 1. The number of aliphatic carboxylic acids is 1. The Labute approximate surface area is 135 Å². The molecule has 1 atom stereocenters. The van der Waals surface area contributed by atoms with Crippen LogP contribution in [0, 0.1) is 6.92 Å². The minimum atomic E-state index is -1.32. The van der Waals surface area contributed by atoms with Gasteiger partial charge in [-0.2, -0.15) is 0 Å². The number of carbonyl (C=O) groups is 3. The summed E-state index contributed by atoms with van der Waals surface area (Å²) >= 11 is 0. The van der Waals surface area contributed by atoms with Crippen LogP contribution in [-0.4, -0.2) is 35.4 Å². The fourth-order valence-corrected chi connectivity index (χ4v) is 2.06. The Morgan fingerprint density at radius 2 is 1.91 bits per heavy atom. The van der Waals surface area contributed by atoms with Gasteiger partial charge in [0.2, 0.25) is 5.91 Å². The van der Waals surface area contributed by atoms with Gasteiger partial charge in [0.1, 0.15) is 11.3 Å². The molecule has 0 fully saturated rings.